The standard InChI is InChI=1S/C41H54N15.C32H45N16.6ClH.2Y/c1-28-12-16-30(17-13-28)24-34(44)26-32(42)8-6-20-49-39-54-40(50-21-7-9-33(43)27-35(45)25-31-18-14-29(2)15-19-31)56-41(55-39)51-23-22-48-37(46)53-38(47)52-36-10-4-3-5-11-36;1-22-8-12-25(13-9-22)43-31(37)46-28(34)40-17-20-48(19-16-39-27(33)45-30(36)42-24-6-4-3-5-7-24)21-18-41-29(35)47-32(38)44-26-14-10-23(2)11-15-26;;;;;;;;/h4-5,10-19,42-45H,6-9,20-27H2,1-2H3,(H5,46,47,48,52,53)(H3,49,50,51,54,55,56);4-15H,16-21H2,1-2H3,(H5,33,36,39,42,45)(H5,34,37,40,43,46)(H5,35,38,41,44,47);6*1H;;/q2*-1;;;;;;;;. The molecule has 0 atom stereocenters. The monoisotopic (exact) mass is 1800 g/mol. The predicted octanol–water partition coefficient (Wildman–Crippen LogP) is -22.2. The SMILES string of the molecule is Cc1ccc(CC(=[NH2+])CC(=N)CCCNc2nc(NCCCC(=N)CC(=[NH2+])Cc3ccc(C)cc3)nc(NCC[NH+]=C(N)N=C(N)Nc3cc[c-]cc3)n2)cc1.Cc1ccc(NC(N)=NC(N)=[NH+]CCN(CC[NH+]=C(N)N=C(N)Nc2cc[c-]cc2)CC[NH+]=C(N)N=C(N)Nc2ccc(C)cc2)cc1.[Cl-].[Cl-].[Cl-].[Cl-].[Cl-].[Cl-].[Y].[Y]. The summed E-state index contributed by atoms with van der Waals surface area (Å²) < 4.78 is 0. The molecule has 1 aromatic heterocycles. The van der Waals surface area contributed by atoms with Crippen LogP contribution in [0.1, 0.15) is 71.9 Å². The van der Waals surface area contributed by atoms with Gasteiger partial charge in [-0.25, -0.2) is 0 Å². The van der Waals surface area contributed by atoms with E-state index in [0.717, 1.165) is 56.4 Å². The number of nitrogens with zero attached hydrogens (tertiary/aromatic N) is 8. The van der Waals surface area contributed by atoms with Crippen molar-refractivity contribution in [1.29, 1.82) is 10.8 Å². The van der Waals surface area contributed by atoms with E-state index in [4.69, 9.17) is 67.5 Å². The summed E-state index contributed by atoms with van der Waals surface area (Å²) in [5.74, 6) is 2.49. The number of nitrogens with two attached hydrogens (primary N) is 10. The summed E-state index contributed by atoms with van der Waals surface area (Å²) in [5.41, 5.74) is 61.1. The van der Waals surface area contributed by atoms with Gasteiger partial charge in [-0.2, -0.15) is 51.4 Å². The smallest absolute Gasteiger partial charge is 0.385 e. The van der Waals surface area contributed by atoms with Crippen molar-refractivity contribution in [2.24, 2.45) is 65.8 Å². The molecule has 6 aromatic carbocycles. The minimum atomic E-state index is 0. The third kappa shape index (κ3) is 47.6. The fourth-order valence-corrected chi connectivity index (χ4v) is 9.72. The molecule has 0 aliphatic carbocycles. The number of hydrogen-bond donors (Lipinski definition) is 23. The topological polar surface area (TPSA) is 538 Å². The molecule has 0 unspecified atom stereocenters. The Hall–Kier alpha value is -8.72. The second-order valence-electron chi connectivity index (χ2n) is 24.4. The largest absolute Gasteiger partial charge is 1.00 e. The van der Waals surface area contributed by atoms with Gasteiger partial charge in [0.05, 0.1) is 51.9 Å². The number of hydrogen-bond acceptors (Lipinski definition) is 9. The summed E-state index contributed by atoms with van der Waals surface area (Å²) in [7, 11) is 0. The van der Waals surface area contributed by atoms with Crippen molar-refractivity contribution in [3.8, 4) is 0 Å². The van der Waals surface area contributed by atoms with Crippen molar-refractivity contribution in [3.63, 3.8) is 0 Å². The third-order valence-electron chi connectivity index (χ3n) is 15.0. The van der Waals surface area contributed by atoms with E-state index in [1.165, 1.54) is 11.1 Å². The zero-order chi connectivity index (χ0) is 74.9. The van der Waals surface area contributed by atoms with Crippen LogP contribution in [0.3, 0.4) is 0 Å². The number of aliphatic imine (C=N–C) groups is 4. The van der Waals surface area contributed by atoms with Gasteiger partial charge in [-0.15, -0.1) is 24.3 Å². The molecule has 0 aliphatic heterocycles. The van der Waals surface area contributed by atoms with Gasteiger partial charge in [-0.05, 0) is 109 Å². The van der Waals surface area contributed by atoms with Crippen molar-refractivity contribution >= 4 is 111 Å². The zero-order valence-electron chi connectivity index (χ0n) is 63.4. The number of anilines is 7. The molecule has 2 radical (unpaired) electrons. The van der Waals surface area contributed by atoms with Gasteiger partial charge >= 0.3 is 23.8 Å². The molecule has 7 aromatic rings. The molecule has 0 spiro atoms. The minimum absolute atomic E-state index is 0. The van der Waals surface area contributed by atoms with Crippen LogP contribution in [0.25, 0.3) is 0 Å². The van der Waals surface area contributed by atoms with Crippen molar-refractivity contribution in [1.82, 2.24) is 19.9 Å². The van der Waals surface area contributed by atoms with Gasteiger partial charge in [0.25, 0.3) is 23.8 Å². The fraction of sp³-hybridized carbons (Fsp3) is 0.301. The summed E-state index contributed by atoms with van der Waals surface area (Å²) >= 11 is 0. The van der Waals surface area contributed by atoms with Crippen LogP contribution in [-0.2, 0) is 78.3 Å². The summed E-state index contributed by atoms with van der Waals surface area (Å²) in [5, 5.41) is 51.2. The van der Waals surface area contributed by atoms with Gasteiger partial charge in [0, 0.05) is 127 Å². The number of halogens is 6. The maximum atomic E-state index is 8.45. The maximum absolute atomic E-state index is 8.45. The minimum Gasteiger partial charge on any atom is -1.00 e. The molecule has 33 N–H and O–H groups in total. The van der Waals surface area contributed by atoms with Gasteiger partial charge in [0.2, 0.25) is 17.8 Å². The molecule has 0 saturated carbocycles. The summed E-state index contributed by atoms with van der Waals surface area (Å²) in [4.78, 5) is 44.8. The first-order valence-corrected chi connectivity index (χ1v) is 34.2. The molecule has 39 heteroatoms. The van der Waals surface area contributed by atoms with Crippen molar-refractivity contribution in [3.05, 3.63) is 191 Å². The van der Waals surface area contributed by atoms with E-state index in [2.05, 4.69) is 172 Å². The number of guanidine groups is 8. The normalized spacial score (nSPS) is 11.5. The van der Waals surface area contributed by atoms with E-state index in [9.17, 15) is 0 Å². The first kappa shape index (κ1) is 107. The number of rotatable bonds is 35. The Labute approximate surface area is 744 Å². The molecule has 0 bridgehead atoms. The van der Waals surface area contributed by atoms with E-state index in [1.54, 1.807) is 24.3 Å². The molecule has 1 heterocycles. The van der Waals surface area contributed by atoms with Crippen LogP contribution in [0.5, 0.6) is 0 Å². The Morgan fingerprint density at radius 1 is 0.393 bits per heavy atom. The summed E-state index contributed by atoms with van der Waals surface area (Å²) in [6.07, 6.45) is 4.85. The van der Waals surface area contributed by atoms with Crippen LogP contribution in [0.2, 0.25) is 0 Å². The second kappa shape index (κ2) is 60.9. The van der Waals surface area contributed by atoms with Crippen molar-refractivity contribution in [2.45, 2.75) is 79.1 Å². The fourth-order valence-electron chi connectivity index (χ4n) is 9.72. The molecule has 0 fully saturated rings. The second-order valence-corrected chi connectivity index (χ2v) is 24.4. The molecule has 0 amide bonds. The van der Waals surface area contributed by atoms with Gasteiger partial charge in [0.1, 0.15) is 0 Å². The Morgan fingerprint density at radius 2 is 0.652 bits per heavy atom. The Kier molecular flexibility index (Phi) is 58.4. The Balaban J connectivity index is -0.00000200. The number of nitrogens with one attached hydrogen (secondary N) is 13. The average molecular weight is 1810 g/mol. The van der Waals surface area contributed by atoms with E-state index in [0.29, 0.717) is 146 Å². The molecule has 7 rings (SSSR count). The number of benzene rings is 6. The maximum Gasteiger partial charge on any atom is 0.385 e. The molecular formula is C73H105Cl6N31Y2-2. The summed E-state index contributed by atoms with van der Waals surface area (Å²) in [6.45, 7) is 13.3. The first-order chi connectivity index (χ1) is 50.0. The molecule has 602 valence electrons. The average Bonchev–Trinajstić information content (AvgIpc) is 0.860. The predicted molar refractivity (Wildman–Crippen MR) is 423 cm³/mol. The Bertz CT molecular complexity index is 3950. The van der Waals surface area contributed by atoms with Crippen molar-refractivity contribution < 1.29 is 171 Å². The molecule has 0 aliphatic rings. The third-order valence-corrected chi connectivity index (χ3v) is 15.0. The van der Waals surface area contributed by atoms with Crippen LogP contribution in [0, 0.1) is 50.6 Å². The van der Waals surface area contributed by atoms with Gasteiger partial charge in [-0.1, -0.05) is 106 Å². The van der Waals surface area contributed by atoms with Crippen LogP contribution >= 0.6 is 0 Å². The quantitative estimate of drug-likeness (QED) is 0.00759. The Morgan fingerprint density at radius 3 is 0.946 bits per heavy atom. The van der Waals surface area contributed by atoms with Crippen LogP contribution in [0.4, 0.5) is 40.6 Å². The zero-order valence-corrected chi connectivity index (χ0v) is 73.6. The first-order valence-electron chi connectivity index (χ1n) is 34.2. The van der Waals surface area contributed by atoms with Gasteiger partial charge in [-0.3, -0.25) is 58.6 Å². The van der Waals surface area contributed by atoms with E-state index < -0.39 is 0 Å². The van der Waals surface area contributed by atoms with Gasteiger partial charge in [0.15, 0.2) is 11.4 Å². The molecule has 0 saturated heterocycles. The van der Waals surface area contributed by atoms with Crippen LogP contribution in [0.15, 0.2) is 166 Å². The van der Waals surface area contributed by atoms with E-state index in [-0.39, 0.29) is 188 Å². The molecular weight excluding hydrogens is 1700 g/mol. The molecule has 31 nitrogen and oxygen atoms in total. The van der Waals surface area contributed by atoms with Gasteiger partial charge < -0.3 is 145 Å². The molecule has 112 heavy (non-hydrogen) atoms. The summed E-state index contributed by atoms with van der Waals surface area (Å²) in [6, 6.07) is 52.4. The van der Waals surface area contributed by atoms with Crippen LogP contribution in [-0.4, -0.2) is 156 Å². The van der Waals surface area contributed by atoms with Crippen molar-refractivity contribution in [2.75, 3.05) is 103 Å². The van der Waals surface area contributed by atoms with Crippen LogP contribution < -0.4 is 188 Å². The van der Waals surface area contributed by atoms with E-state index in [1.807, 2.05) is 86.6 Å². The number of aryl methyl sites for hydroxylation is 4. The number of aromatic nitrogens is 3. The van der Waals surface area contributed by atoms with E-state index >= 15 is 0 Å².